The van der Waals surface area contributed by atoms with E-state index in [1.807, 2.05) is 42.5 Å². The van der Waals surface area contributed by atoms with Crippen LogP contribution in [0.15, 0.2) is 58.5 Å². The second-order valence-corrected chi connectivity index (χ2v) is 6.66. The van der Waals surface area contributed by atoms with E-state index < -0.39 is 7.82 Å². The first kappa shape index (κ1) is 20.3. The predicted molar refractivity (Wildman–Crippen MR) is 97.3 cm³/mol. The van der Waals surface area contributed by atoms with E-state index in [-0.39, 0.29) is 6.54 Å². The Balaban J connectivity index is 0.000000431. The van der Waals surface area contributed by atoms with Crippen molar-refractivity contribution in [2.75, 3.05) is 13.6 Å². The molecule has 0 bridgehead atoms. The van der Waals surface area contributed by atoms with Gasteiger partial charge in [-0.1, -0.05) is 41.9 Å². The van der Waals surface area contributed by atoms with Crippen molar-refractivity contribution in [1.29, 1.82) is 0 Å². The average Bonchev–Trinajstić information content (AvgIpc) is 2.69. The maximum Gasteiger partial charge on any atom is 0.466 e. The average molecular weight is 398 g/mol. The second kappa shape index (κ2) is 8.55. The van der Waals surface area contributed by atoms with Crippen LogP contribution in [0.1, 0.15) is 5.56 Å². The highest BCUT2D eigenvalue weighted by atomic mass is 35.5. The largest absolute Gasteiger partial charge is 0.466 e. The van der Waals surface area contributed by atoms with Crippen LogP contribution in [-0.4, -0.2) is 44.4 Å². The molecule has 0 aromatic heterocycles. The van der Waals surface area contributed by atoms with Gasteiger partial charge in [-0.15, -0.1) is 0 Å². The van der Waals surface area contributed by atoms with E-state index in [4.69, 9.17) is 30.8 Å². The van der Waals surface area contributed by atoms with Crippen LogP contribution in [0.2, 0.25) is 5.02 Å². The van der Waals surface area contributed by atoms with E-state index in [1.165, 1.54) is 5.06 Å². The molecular formula is C16H17ClN3O5P. The number of aliphatic imine (C=N–C) groups is 1. The molecule has 0 aliphatic carbocycles. The minimum atomic E-state index is -4.64. The number of rotatable bonds is 1. The molecule has 1 heterocycles. The molecule has 4 N–H and O–H groups in total. The van der Waals surface area contributed by atoms with Gasteiger partial charge in [0.05, 0.1) is 11.1 Å². The molecule has 0 atom stereocenters. The minimum Gasteiger partial charge on any atom is -0.303 e. The Hall–Kier alpha value is -2.06. The van der Waals surface area contributed by atoms with Gasteiger partial charge in [0.25, 0.3) is 0 Å². The summed E-state index contributed by atoms with van der Waals surface area (Å²) in [7, 11) is -2.98. The lowest BCUT2D eigenvalue weighted by atomic mass is 10.1. The van der Waals surface area contributed by atoms with Crippen molar-refractivity contribution in [2.24, 2.45) is 9.98 Å². The molecule has 1 aliphatic rings. The summed E-state index contributed by atoms with van der Waals surface area (Å²) in [6.45, 7) is 0.229. The Bertz CT molecular complexity index is 967. The fourth-order valence-corrected chi connectivity index (χ4v) is 2.52. The Morgan fingerprint density at radius 3 is 2.35 bits per heavy atom. The zero-order chi connectivity index (χ0) is 19.3. The number of phosphoric acid groups is 1. The van der Waals surface area contributed by atoms with E-state index in [0.717, 1.165) is 16.1 Å². The molecule has 0 radical (unpaired) electrons. The molecule has 138 valence electrons. The summed E-state index contributed by atoms with van der Waals surface area (Å²) in [6.07, 6.45) is 0. The summed E-state index contributed by atoms with van der Waals surface area (Å²) in [6, 6.07) is 15.1. The highest BCUT2D eigenvalue weighted by molar-refractivity contribution is 7.45. The Kier molecular flexibility index (Phi) is 6.66. The number of fused-ring (bicyclic) bond motifs is 1. The smallest absolute Gasteiger partial charge is 0.303 e. The van der Waals surface area contributed by atoms with Crippen molar-refractivity contribution >= 4 is 31.0 Å². The van der Waals surface area contributed by atoms with Gasteiger partial charge in [0.15, 0.2) is 0 Å². The van der Waals surface area contributed by atoms with E-state index >= 15 is 0 Å². The number of halogens is 1. The molecular weight excluding hydrogens is 381 g/mol. The van der Waals surface area contributed by atoms with E-state index in [0.29, 0.717) is 16.6 Å². The van der Waals surface area contributed by atoms with Crippen LogP contribution in [0, 0.1) is 0 Å². The van der Waals surface area contributed by atoms with Crippen LogP contribution in [0.25, 0.3) is 5.70 Å². The van der Waals surface area contributed by atoms with E-state index in [9.17, 15) is 5.21 Å². The lowest BCUT2D eigenvalue weighted by molar-refractivity contribution is -0.0119. The summed E-state index contributed by atoms with van der Waals surface area (Å²) < 4.78 is 8.88. The molecule has 2 aromatic carbocycles. The topological polar surface area (TPSA) is 126 Å². The summed E-state index contributed by atoms with van der Waals surface area (Å²) in [5.74, 6) is 0.562. The summed E-state index contributed by atoms with van der Waals surface area (Å²) >= 11 is 6.12. The SMILES string of the molecule is CN=C1CN(O)C(c2ccccc2)=c2cc(Cl)ccc2=N1.O=P(O)(O)O. The number of nitrogens with zero attached hydrogens (tertiary/aromatic N) is 3. The van der Waals surface area contributed by atoms with Crippen LogP contribution in [0.5, 0.6) is 0 Å². The molecule has 3 rings (SSSR count). The zero-order valence-corrected chi connectivity index (χ0v) is 15.3. The summed E-state index contributed by atoms with van der Waals surface area (Å²) in [4.78, 5) is 30.2. The number of amidine groups is 1. The highest BCUT2D eigenvalue weighted by Crippen LogP contribution is 2.25. The van der Waals surface area contributed by atoms with Crippen molar-refractivity contribution in [2.45, 2.75) is 0 Å². The van der Waals surface area contributed by atoms with Gasteiger partial charge in [-0.3, -0.25) is 10.2 Å². The van der Waals surface area contributed by atoms with Gasteiger partial charge in [-0.05, 0) is 18.2 Å². The fraction of sp³-hybridized carbons (Fsp3) is 0.125. The third kappa shape index (κ3) is 5.74. The van der Waals surface area contributed by atoms with Gasteiger partial charge in [0.1, 0.15) is 12.4 Å². The first-order valence-electron chi connectivity index (χ1n) is 7.33. The quantitative estimate of drug-likeness (QED) is 0.530. The van der Waals surface area contributed by atoms with Crippen molar-refractivity contribution in [3.05, 3.63) is 69.7 Å². The lowest BCUT2D eigenvalue weighted by Gasteiger charge is -2.19. The number of hydroxylamine groups is 2. The molecule has 0 spiro atoms. The molecule has 0 amide bonds. The number of hydrogen-bond acceptors (Lipinski definition) is 4. The number of hydrogen-bond donors (Lipinski definition) is 4. The maximum atomic E-state index is 10.5. The molecule has 1 aliphatic heterocycles. The predicted octanol–water partition coefficient (Wildman–Crippen LogP) is 0.921. The van der Waals surface area contributed by atoms with Crippen molar-refractivity contribution in [3.63, 3.8) is 0 Å². The Morgan fingerprint density at radius 1 is 1.15 bits per heavy atom. The zero-order valence-electron chi connectivity index (χ0n) is 13.7. The first-order chi connectivity index (χ1) is 12.2. The Morgan fingerprint density at radius 2 is 1.77 bits per heavy atom. The molecule has 0 saturated heterocycles. The van der Waals surface area contributed by atoms with Gasteiger partial charge in [-0.25, -0.2) is 14.6 Å². The van der Waals surface area contributed by atoms with E-state index in [1.54, 1.807) is 13.1 Å². The molecule has 10 heteroatoms. The molecule has 0 saturated carbocycles. The molecule has 8 nitrogen and oxygen atoms in total. The second-order valence-electron chi connectivity index (χ2n) is 5.20. The molecule has 26 heavy (non-hydrogen) atoms. The normalized spacial score (nSPS) is 15.5. The van der Waals surface area contributed by atoms with Crippen LogP contribution < -0.4 is 10.6 Å². The maximum absolute atomic E-state index is 10.5. The van der Waals surface area contributed by atoms with Gasteiger partial charge >= 0.3 is 7.82 Å². The van der Waals surface area contributed by atoms with Crippen molar-refractivity contribution < 1.29 is 24.5 Å². The monoisotopic (exact) mass is 397 g/mol. The van der Waals surface area contributed by atoms with Crippen LogP contribution in [-0.2, 0) is 4.57 Å². The number of benzene rings is 2. The summed E-state index contributed by atoms with van der Waals surface area (Å²) in [5.41, 5.74) is 1.58. The fourth-order valence-electron chi connectivity index (χ4n) is 2.34. The van der Waals surface area contributed by atoms with Gasteiger partial charge in [-0.2, -0.15) is 0 Å². The van der Waals surface area contributed by atoms with Crippen LogP contribution >= 0.6 is 19.4 Å². The van der Waals surface area contributed by atoms with Gasteiger partial charge in [0.2, 0.25) is 0 Å². The Labute approximate surface area is 154 Å². The highest BCUT2D eigenvalue weighted by Gasteiger charge is 2.17. The summed E-state index contributed by atoms with van der Waals surface area (Å²) in [5, 5.41) is 13.8. The minimum absolute atomic E-state index is 0.229. The van der Waals surface area contributed by atoms with Crippen molar-refractivity contribution in [1.82, 2.24) is 5.06 Å². The van der Waals surface area contributed by atoms with Crippen LogP contribution in [0.3, 0.4) is 0 Å². The van der Waals surface area contributed by atoms with E-state index in [2.05, 4.69) is 9.98 Å². The molecule has 2 aromatic rings. The molecule has 0 unspecified atom stereocenters. The third-order valence-electron chi connectivity index (χ3n) is 3.32. The van der Waals surface area contributed by atoms with Crippen molar-refractivity contribution in [3.8, 4) is 0 Å². The molecule has 0 fully saturated rings. The lowest BCUT2D eigenvalue weighted by Crippen LogP contribution is -2.31. The van der Waals surface area contributed by atoms with Gasteiger partial charge < -0.3 is 14.7 Å². The van der Waals surface area contributed by atoms with Gasteiger partial charge in [0, 0.05) is 22.9 Å². The van der Waals surface area contributed by atoms with Crippen LogP contribution in [0.4, 0.5) is 0 Å². The first-order valence-corrected chi connectivity index (χ1v) is 9.27. The standard InChI is InChI=1S/C16H14ClN3O.H3O4P/c1-18-15-10-20(21)16(11-5-3-2-4-6-11)13-9-12(17)7-8-14(13)19-15;1-5(2,3)4/h2-9,21H,10H2,1H3;(H3,1,2,3,4). The third-order valence-corrected chi connectivity index (χ3v) is 3.55.